The molecular weight excluding hydrogens is 443 g/mol. The SMILES string of the molecule is Cc1ccc(CN2CCCC(Oc3cc(F)c(C(=O)NS(C)(=O)=O)cc3C3CC3)C2)c(C)c1. The lowest BCUT2D eigenvalue weighted by atomic mass is 10.0. The maximum Gasteiger partial charge on any atom is 0.267 e. The number of likely N-dealkylation sites (tertiary alicyclic amines) is 1. The van der Waals surface area contributed by atoms with Crippen molar-refractivity contribution in [3.8, 4) is 5.75 Å². The number of ether oxygens (including phenoxy) is 1. The van der Waals surface area contributed by atoms with Crippen LogP contribution in [-0.2, 0) is 16.6 Å². The van der Waals surface area contributed by atoms with E-state index < -0.39 is 21.7 Å². The van der Waals surface area contributed by atoms with Crippen molar-refractivity contribution in [3.05, 3.63) is 64.0 Å². The van der Waals surface area contributed by atoms with Crippen LogP contribution >= 0.6 is 0 Å². The van der Waals surface area contributed by atoms with Gasteiger partial charge >= 0.3 is 0 Å². The minimum absolute atomic E-state index is 0.0721. The zero-order valence-electron chi connectivity index (χ0n) is 19.4. The van der Waals surface area contributed by atoms with Crippen molar-refractivity contribution in [2.45, 2.75) is 58.1 Å². The number of carbonyl (C=O) groups excluding carboxylic acids is 1. The Labute approximate surface area is 195 Å². The molecule has 178 valence electrons. The van der Waals surface area contributed by atoms with Crippen molar-refractivity contribution in [2.75, 3.05) is 19.3 Å². The molecule has 1 N–H and O–H groups in total. The van der Waals surface area contributed by atoms with Gasteiger partial charge in [0, 0.05) is 19.2 Å². The van der Waals surface area contributed by atoms with Gasteiger partial charge in [-0.1, -0.05) is 23.8 Å². The van der Waals surface area contributed by atoms with Gasteiger partial charge in [0.2, 0.25) is 10.0 Å². The minimum Gasteiger partial charge on any atom is -0.489 e. The van der Waals surface area contributed by atoms with Crippen LogP contribution in [0.1, 0.15) is 64.2 Å². The lowest BCUT2D eigenvalue weighted by Crippen LogP contribution is -2.40. The quantitative estimate of drug-likeness (QED) is 0.655. The molecule has 4 rings (SSSR count). The highest BCUT2D eigenvalue weighted by molar-refractivity contribution is 7.89. The molecule has 1 unspecified atom stereocenters. The molecule has 2 fully saturated rings. The summed E-state index contributed by atoms with van der Waals surface area (Å²) in [5.74, 6) is -1.07. The van der Waals surface area contributed by atoms with Crippen LogP contribution in [0, 0.1) is 19.7 Å². The first kappa shape index (κ1) is 23.7. The molecule has 1 aliphatic heterocycles. The zero-order chi connectivity index (χ0) is 23.8. The molecule has 1 heterocycles. The molecule has 8 heteroatoms. The molecular formula is C25H31FN2O4S. The van der Waals surface area contributed by atoms with E-state index in [4.69, 9.17) is 4.74 Å². The topological polar surface area (TPSA) is 75.7 Å². The molecule has 2 aromatic carbocycles. The van der Waals surface area contributed by atoms with Gasteiger partial charge in [0.05, 0.1) is 11.8 Å². The van der Waals surface area contributed by atoms with Crippen LogP contribution in [0.2, 0.25) is 0 Å². The molecule has 0 spiro atoms. The summed E-state index contributed by atoms with van der Waals surface area (Å²) in [6, 6.07) is 9.20. The zero-order valence-corrected chi connectivity index (χ0v) is 20.2. The number of piperidine rings is 1. The van der Waals surface area contributed by atoms with Crippen LogP contribution in [0.4, 0.5) is 4.39 Å². The first-order valence-corrected chi connectivity index (χ1v) is 13.3. The number of carbonyl (C=O) groups is 1. The Hall–Kier alpha value is -2.45. The summed E-state index contributed by atoms with van der Waals surface area (Å²) in [7, 11) is -3.78. The average molecular weight is 475 g/mol. The van der Waals surface area contributed by atoms with Gasteiger partial charge in [-0.3, -0.25) is 9.69 Å². The van der Waals surface area contributed by atoms with E-state index in [0.29, 0.717) is 5.75 Å². The van der Waals surface area contributed by atoms with Crippen LogP contribution in [0.5, 0.6) is 5.75 Å². The van der Waals surface area contributed by atoms with E-state index in [2.05, 4.69) is 36.9 Å². The predicted molar refractivity (Wildman–Crippen MR) is 126 cm³/mol. The highest BCUT2D eigenvalue weighted by Crippen LogP contribution is 2.45. The second kappa shape index (κ2) is 9.43. The molecule has 1 aliphatic carbocycles. The number of benzene rings is 2. The van der Waals surface area contributed by atoms with Gasteiger partial charge in [-0.15, -0.1) is 0 Å². The summed E-state index contributed by atoms with van der Waals surface area (Å²) in [4.78, 5) is 14.6. The highest BCUT2D eigenvalue weighted by atomic mass is 32.2. The normalized spacial score (nSPS) is 19.3. The summed E-state index contributed by atoms with van der Waals surface area (Å²) < 4.78 is 45.7. The third-order valence-electron chi connectivity index (χ3n) is 6.29. The van der Waals surface area contributed by atoms with E-state index in [1.807, 2.05) is 4.72 Å². The number of sulfonamides is 1. The maximum absolute atomic E-state index is 14.8. The molecule has 1 amide bonds. The molecule has 1 saturated heterocycles. The number of hydrogen-bond acceptors (Lipinski definition) is 5. The van der Waals surface area contributed by atoms with E-state index in [0.717, 1.165) is 57.1 Å². The number of nitrogens with zero attached hydrogens (tertiary/aromatic N) is 1. The molecule has 0 bridgehead atoms. The van der Waals surface area contributed by atoms with Gasteiger partial charge in [0.15, 0.2) is 0 Å². The first-order valence-electron chi connectivity index (χ1n) is 11.4. The fourth-order valence-corrected chi connectivity index (χ4v) is 4.93. The van der Waals surface area contributed by atoms with Crippen molar-refractivity contribution in [3.63, 3.8) is 0 Å². The standard InChI is InChI=1S/C25H31FN2O4S/c1-16-6-7-19(17(2)11-16)14-28-10-4-5-20(15-28)32-24-13-23(26)22(12-21(24)18-8-9-18)25(29)27-33(3,30)31/h6-7,11-13,18,20H,4-5,8-10,14-15H2,1-3H3,(H,27,29). The summed E-state index contributed by atoms with van der Waals surface area (Å²) in [5, 5.41) is 0. The Morgan fingerprint density at radius 2 is 1.94 bits per heavy atom. The largest absolute Gasteiger partial charge is 0.489 e. The van der Waals surface area contributed by atoms with E-state index in [9.17, 15) is 17.6 Å². The second-order valence-corrected chi connectivity index (χ2v) is 11.1. The maximum atomic E-state index is 14.8. The van der Waals surface area contributed by atoms with Crippen molar-refractivity contribution in [1.82, 2.24) is 9.62 Å². The van der Waals surface area contributed by atoms with Crippen LogP contribution < -0.4 is 9.46 Å². The Morgan fingerprint density at radius 3 is 2.61 bits per heavy atom. The molecule has 0 radical (unpaired) electrons. The molecule has 6 nitrogen and oxygen atoms in total. The highest BCUT2D eigenvalue weighted by Gasteiger charge is 2.31. The number of amides is 1. The van der Waals surface area contributed by atoms with E-state index in [1.54, 1.807) is 0 Å². The molecule has 1 atom stereocenters. The van der Waals surface area contributed by atoms with Crippen LogP contribution in [0.3, 0.4) is 0 Å². The van der Waals surface area contributed by atoms with Crippen molar-refractivity contribution < 1.29 is 22.3 Å². The fourth-order valence-electron chi connectivity index (χ4n) is 4.48. The van der Waals surface area contributed by atoms with Crippen molar-refractivity contribution in [1.29, 1.82) is 0 Å². The lowest BCUT2D eigenvalue weighted by molar-refractivity contribution is 0.0831. The van der Waals surface area contributed by atoms with Crippen molar-refractivity contribution >= 4 is 15.9 Å². The monoisotopic (exact) mass is 474 g/mol. The summed E-state index contributed by atoms with van der Waals surface area (Å²) in [6.45, 7) is 6.80. The molecule has 1 saturated carbocycles. The van der Waals surface area contributed by atoms with Gasteiger partial charge in [-0.2, -0.15) is 0 Å². The number of rotatable bonds is 7. The molecule has 0 aromatic heterocycles. The summed E-state index contributed by atoms with van der Waals surface area (Å²) in [5.41, 5.74) is 4.34. The molecule has 33 heavy (non-hydrogen) atoms. The predicted octanol–water partition coefficient (Wildman–Crippen LogP) is 4.05. The van der Waals surface area contributed by atoms with Gasteiger partial charge < -0.3 is 4.74 Å². The van der Waals surface area contributed by atoms with Crippen molar-refractivity contribution in [2.24, 2.45) is 0 Å². The number of hydrogen-bond donors (Lipinski definition) is 1. The van der Waals surface area contributed by atoms with Crippen LogP contribution in [0.15, 0.2) is 30.3 Å². The lowest BCUT2D eigenvalue weighted by Gasteiger charge is -2.33. The second-order valence-electron chi connectivity index (χ2n) is 9.39. The Kier molecular flexibility index (Phi) is 6.77. The first-order chi connectivity index (χ1) is 15.6. The molecule has 2 aliphatic rings. The Balaban J connectivity index is 1.49. The Bertz CT molecular complexity index is 1160. The van der Waals surface area contributed by atoms with Gasteiger partial charge in [-0.25, -0.2) is 17.5 Å². The molecule has 2 aromatic rings. The third-order valence-corrected chi connectivity index (χ3v) is 6.84. The number of halogens is 1. The van der Waals surface area contributed by atoms with Gasteiger partial charge in [0.1, 0.15) is 17.7 Å². The third kappa shape index (κ3) is 6.12. The average Bonchev–Trinajstić information content (AvgIpc) is 3.54. The van der Waals surface area contributed by atoms with E-state index in [1.165, 1.54) is 28.8 Å². The van der Waals surface area contributed by atoms with Crippen LogP contribution in [-0.4, -0.2) is 44.7 Å². The number of aryl methyl sites for hydroxylation is 2. The fraction of sp³-hybridized carbons (Fsp3) is 0.480. The Morgan fingerprint density at radius 1 is 1.18 bits per heavy atom. The van der Waals surface area contributed by atoms with Gasteiger partial charge in [0.25, 0.3) is 5.91 Å². The van der Waals surface area contributed by atoms with E-state index >= 15 is 0 Å². The van der Waals surface area contributed by atoms with Gasteiger partial charge in [-0.05, 0) is 74.8 Å². The number of nitrogens with one attached hydrogen (secondary N) is 1. The summed E-state index contributed by atoms with van der Waals surface area (Å²) in [6.07, 6.45) is 4.56. The van der Waals surface area contributed by atoms with E-state index in [-0.39, 0.29) is 17.6 Å². The smallest absolute Gasteiger partial charge is 0.267 e. The summed E-state index contributed by atoms with van der Waals surface area (Å²) >= 11 is 0. The minimum atomic E-state index is -3.78. The van der Waals surface area contributed by atoms with Crippen LogP contribution in [0.25, 0.3) is 0 Å².